The summed E-state index contributed by atoms with van der Waals surface area (Å²) in [7, 11) is -5.80. The number of carbonyl (C=O) groups excluding carboxylic acids is 1. The Kier molecular flexibility index (Phi) is 29.2. The molecule has 2 aliphatic heterocycles. The van der Waals surface area contributed by atoms with Crippen LogP contribution >= 0.6 is 0 Å². The minimum absolute atomic E-state index is 0.0199. The first-order chi connectivity index (χ1) is 40.2. The van der Waals surface area contributed by atoms with Crippen molar-refractivity contribution in [3.8, 4) is 23.1 Å². The van der Waals surface area contributed by atoms with E-state index in [9.17, 15) is 40.9 Å². The van der Waals surface area contributed by atoms with Crippen LogP contribution in [0.15, 0.2) is 81.8 Å². The zero-order valence-electron chi connectivity index (χ0n) is 49.2. The van der Waals surface area contributed by atoms with Gasteiger partial charge in [-0.15, -0.1) is 4.73 Å². The van der Waals surface area contributed by atoms with Crippen molar-refractivity contribution >= 4 is 38.0 Å². The zero-order chi connectivity index (χ0) is 61.0. The SMILES string of the molecule is COCCOCCOCCOCCOCC[N+](CCOCCOCCOCCOCCOC)=c1ccc2c(C(C)(C)C)cc(C=CC=C3N(CCCS(=O)(=O)O)c4ccc(S(=O)(=O)O)cc4C3(C)CCCC(=O)On3c(O)ccc3O)oc-2c1. The van der Waals surface area contributed by atoms with Crippen LogP contribution in [0.4, 0.5) is 5.69 Å². The molecular weight excluding hydrogens is 1140 g/mol. The zero-order valence-corrected chi connectivity index (χ0v) is 50.8. The van der Waals surface area contributed by atoms with Gasteiger partial charge in [0, 0.05) is 67.7 Å². The third-order valence-electron chi connectivity index (χ3n) is 13.4. The molecule has 0 bridgehead atoms. The number of aromatic hydroxyl groups is 2. The van der Waals surface area contributed by atoms with Crippen LogP contribution in [0, 0.1) is 0 Å². The Bertz CT molecular complexity index is 2920. The lowest BCUT2D eigenvalue weighted by atomic mass is 9.77. The van der Waals surface area contributed by atoms with Gasteiger partial charge in [-0.25, -0.2) is 9.37 Å². The van der Waals surface area contributed by atoms with Gasteiger partial charge in [-0.2, -0.15) is 16.8 Å². The van der Waals surface area contributed by atoms with Crippen LogP contribution in [-0.4, -0.2) is 205 Å². The minimum atomic E-state index is -4.69. The van der Waals surface area contributed by atoms with Crippen LogP contribution in [0.5, 0.6) is 11.8 Å². The summed E-state index contributed by atoms with van der Waals surface area (Å²) in [6.45, 7) is 17.2. The second-order valence-corrected chi connectivity index (χ2v) is 23.7. The average molecular weight is 1230 g/mol. The maximum atomic E-state index is 13.0. The number of benzene rings is 2. The molecule has 84 heavy (non-hydrogen) atoms. The Hall–Kier alpha value is -5.30. The molecule has 5 rings (SSSR count). The number of rotatable bonds is 42. The highest BCUT2D eigenvalue weighted by Gasteiger charge is 2.44. The lowest BCUT2D eigenvalue weighted by molar-refractivity contribution is -0.145. The highest BCUT2D eigenvalue weighted by molar-refractivity contribution is 7.86. The summed E-state index contributed by atoms with van der Waals surface area (Å²) >= 11 is 0. The molecule has 470 valence electrons. The molecule has 0 radical (unpaired) electrons. The molecule has 1 unspecified atom stereocenters. The van der Waals surface area contributed by atoms with Gasteiger partial charge in [0.15, 0.2) is 13.1 Å². The molecule has 24 nitrogen and oxygen atoms in total. The van der Waals surface area contributed by atoms with E-state index >= 15 is 0 Å². The van der Waals surface area contributed by atoms with Gasteiger partial charge in [-0.05, 0) is 85.2 Å². The topological polar surface area (TPSA) is 292 Å². The van der Waals surface area contributed by atoms with E-state index in [-0.39, 0.29) is 42.5 Å². The minimum Gasteiger partial charge on any atom is -0.492 e. The summed E-state index contributed by atoms with van der Waals surface area (Å²) in [4.78, 5) is 19.7. The number of aromatic nitrogens is 1. The Morgan fingerprint density at radius 2 is 1.18 bits per heavy atom. The molecule has 2 aromatic rings. The molecule has 3 heterocycles. The standard InChI is InChI=1S/C58H85N3O21S2/c1-57(2,3)49-43-46(10-7-11-53-58(4,19-8-12-56(64)82-61-54(62)17-18-55(61)63)50-44-47(84(68,69)70)14-16-51(50)60(53)20-9-41-83(65,66)67)81-52-42-45(13-15-48(49)52)59(21-23-73-29-31-77-37-39-79-35-33-75-27-25-71-5)22-24-74-30-32-78-38-40-80-36-34-76-28-26-72-6/h7,10-11,13-18,42-44H,8-9,12,19-41H2,1-6H3,(H3-,62,63,65,66,67,68,69,70)/p+1. The first kappa shape index (κ1) is 69.5. The fourth-order valence-corrected chi connectivity index (χ4v) is 10.2. The Labute approximate surface area is 493 Å². The molecule has 1 aromatic carbocycles. The number of hydrogen-bond donors (Lipinski definition) is 4. The largest absolute Gasteiger partial charge is 0.492 e. The molecule has 1 atom stereocenters. The fourth-order valence-electron chi connectivity index (χ4n) is 9.19. The van der Waals surface area contributed by atoms with Crippen molar-refractivity contribution in [2.24, 2.45) is 0 Å². The van der Waals surface area contributed by atoms with Gasteiger partial charge in [0.1, 0.15) is 24.7 Å². The molecule has 0 saturated heterocycles. The van der Waals surface area contributed by atoms with E-state index in [1.807, 2.05) is 36.1 Å². The quantitative estimate of drug-likeness (QED) is 0.0254. The van der Waals surface area contributed by atoms with Crippen molar-refractivity contribution in [1.82, 2.24) is 9.31 Å². The molecule has 3 aliphatic rings. The summed E-state index contributed by atoms with van der Waals surface area (Å²) in [5, 5.41) is 20.9. The van der Waals surface area contributed by atoms with Gasteiger partial charge >= 0.3 is 5.97 Å². The van der Waals surface area contributed by atoms with E-state index in [0.717, 1.165) is 28.6 Å². The first-order valence-corrected chi connectivity index (χ1v) is 31.0. The average Bonchev–Trinajstić information content (AvgIpc) is 4.02. The highest BCUT2D eigenvalue weighted by Crippen LogP contribution is 2.51. The molecule has 1 aliphatic carbocycles. The van der Waals surface area contributed by atoms with E-state index in [2.05, 4.69) is 25.3 Å². The smallest absolute Gasteiger partial charge is 0.333 e. The predicted octanol–water partition coefficient (Wildman–Crippen LogP) is 5.12. The molecule has 4 N–H and O–H groups in total. The number of ether oxygens (including phenoxy) is 10. The number of carbonyl (C=O) groups is 1. The van der Waals surface area contributed by atoms with E-state index in [0.29, 0.717) is 165 Å². The molecule has 0 amide bonds. The van der Waals surface area contributed by atoms with Gasteiger partial charge in [0.2, 0.25) is 17.1 Å². The number of methoxy groups -OCH3 is 2. The van der Waals surface area contributed by atoms with Crippen LogP contribution in [0.1, 0.15) is 70.3 Å². The first-order valence-electron chi connectivity index (χ1n) is 28.0. The Morgan fingerprint density at radius 1 is 0.667 bits per heavy atom. The lowest BCUT2D eigenvalue weighted by Gasteiger charge is -2.30. The second-order valence-electron chi connectivity index (χ2n) is 20.7. The van der Waals surface area contributed by atoms with Gasteiger partial charge in [-0.3, -0.25) is 9.11 Å². The Morgan fingerprint density at radius 3 is 1.67 bits per heavy atom. The number of nitrogens with zero attached hydrogens (tertiary/aromatic N) is 3. The normalized spacial score (nSPS) is 15.3. The van der Waals surface area contributed by atoms with Crippen molar-refractivity contribution in [2.45, 2.75) is 69.1 Å². The fraction of sp³-hybridized carbons (Fsp3) is 0.586. The summed E-state index contributed by atoms with van der Waals surface area (Å²) in [6.07, 6.45) is 5.47. The molecule has 0 spiro atoms. The summed E-state index contributed by atoms with van der Waals surface area (Å²) < 4.78 is 134. The van der Waals surface area contributed by atoms with Crippen LogP contribution in [0.25, 0.3) is 17.4 Å². The Balaban J connectivity index is 1.41. The van der Waals surface area contributed by atoms with E-state index in [1.165, 1.54) is 18.2 Å². The van der Waals surface area contributed by atoms with Gasteiger partial charge < -0.3 is 71.7 Å². The third-order valence-corrected chi connectivity index (χ3v) is 15.1. The highest BCUT2D eigenvalue weighted by atomic mass is 32.2. The van der Waals surface area contributed by atoms with Crippen molar-refractivity contribution in [3.05, 3.63) is 94.7 Å². The summed E-state index contributed by atoms with van der Waals surface area (Å²) in [6, 6.07) is 14.4. The lowest BCUT2D eigenvalue weighted by Crippen LogP contribution is -2.36. The summed E-state index contributed by atoms with van der Waals surface area (Å²) in [5.41, 5.74) is 2.03. The number of hydrogen-bond acceptors (Lipinski definition) is 20. The molecule has 0 saturated carbocycles. The third kappa shape index (κ3) is 23.2. The van der Waals surface area contributed by atoms with Crippen molar-refractivity contribution in [3.63, 3.8) is 0 Å². The number of allylic oxidation sites excluding steroid dienone is 3. The van der Waals surface area contributed by atoms with E-state index in [1.54, 1.807) is 32.4 Å². The van der Waals surface area contributed by atoms with Crippen LogP contribution in [-0.2, 0) is 83.2 Å². The van der Waals surface area contributed by atoms with Crippen LogP contribution in [0.2, 0.25) is 0 Å². The summed E-state index contributed by atoms with van der Waals surface area (Å²) in [5.74, 6) is -1.24. The molecule has 26 heteroatoms. The maximum Gasteiger partial charge on any atom is 0.333 e. The molecule has 0 fully saturated rings. The number of fused-ring (bicyclic) bond motifs is 2. The van der Waals surface area contributed by atoms with Crippen LogP contribution in [0.3, 0.4) is 0 Å². The van der Waals surface area contributed by atoms with Gasteiger partial charge in [0.25, 0.3) is 20.2 Å². The molecular formula is C58H86N3O21S2+. The molecule has 1 aromatic heterocycles. The van der Waals surface area contributed by atoms with Crippen molar-refractivity contribution in [2.75, 3.05) is 163 Å². The van der Waals surface area contributed by atoms with E-state index < -0.39 is 49.1 Å². The van der Waals surface area contributed by atoms with Crippen molar-refractivity contribution in [1.29, 1.82) is 0 Å². The van der Waals surface area contributed by atoms with Crippen LogP contribution < -0.4 is 19.7 Å². The monoisotopic (exact) mass is 1220 g/mol. The van der Waals surface area contributed by atoms with Gasteiger partial charge in [0.05, 0.1) is 122 Å². The number of anilines is 1. The predicted molar refractivity (Wildman–Crippen MR) is 312 cm³/mol. The maximum absolute atomic E-state index is 13.0. The van der Waals surface area contributed by atoms with Crippen molar-refractivity contribution < 1.29 is 97.6 Å². The second kappa shape index (κ2) is 35.4. The van der Waals surface area contributed by atoms with Gasteiger partial charge in [-0.1, -0.05) is 26.8 Å². The van der Waals surface area contributed by atoms with E-state index in [4.69, 9.17) is 56.6 Å².